The molecular formula is C24H19ClN2O. The second-order valence-corrected chi connectivity index (χ2v) is 7.23. The zero-order valence-corrected chi connectivity index (χ0v) is 16.4. The highest BCUT2D eigenvalue weighted by molar-refractivity contribution is 6.33. The van der Waals surface area contributed by atoms with Crippen molar-refractivity contribution in [2.45, 2.75) is 13.8 Å². The van der Waals surface area contributed by atoms with E-state index in [1.165, 1.54) is 0 Å². The topological polar surface area (TPSA) is 42.0 Å². The monoisotopic (exact) mass is 386 g/mol. The number of fused-ring (bicyclic) bond motifs is 1. The number of pyridine rings is 1. The van der Waals surface area contributed by atoms with Crippen LogP contribution in [0.5, 0.6) is 0 Å². The number of hydrogen-bond donors (Lipinski definition) is 1. The molecule has 1 heterocycles. The lowest BCUT2D eigenvalue weighted by molar-refractivity contribution is 0.102. The standard InChI is InChI=1S/C24H19ClN2O/c1-15-11-12-16(2)22(13-15)27-24(28)19-14-23(18-8-3-5-9-20(18)25)26-21-10-6-4-7-17(19)21/h3-14H,1-2H3,(H,27,28). The van der Waals surface area contributed by atoms with Crippen LogP contribution in [-0.4, -0.2) is 10.9 Å². The predicted molar refractivity (Wildman–Crippen MR) is 116 cm³/mol. The lowest BCUT2D eigenvalue weighted by atomic mass is 10.0. The molecule has 0 aliphatic heterocycles. The van der Waals surface area contributed by atoms with Gasteiger partial charge in [-0.1, -0.05) is 60.1 Å². The highest BCUT2D eigenvalue weighted by atomic mass is 35.5. The molecule has 1 N–H and O–H groups in total. The molecular weight excluding hydrogens is 368 g/mol. The summed E-state index contributed by atoms with van der Waals surface area (Å²) < 4.78 is 0. The first-order chi connectivity index (χ1) is 13.5. The molecule has 3 aromatic carbocycles. The van der Waals surface area contributed by atoms with E-state index in [0.29, 0.717) is 16.3 Å². The number of anilines is 1. The molecule has 0 atom stereocenters. The SMILES string of the molecule is Cc1ccc(C)c(NC(=O)c2cc(-c3ccccc3Cl)nc3ccccc23)c1. The summed E-state index contributed by atoms with van der Waals surface area (Å²) in [6.45, 7) is 3.99. The van der Waals surface area contributed by atoms with Crippen molar-refractivity contribution >= 4 is 34.1 Å². The van der Waals surface area contributed by atoms with Crippen molar-refractivity contribution in [1.82, 2.24) is 4.98 Å². The van der Waals surface area contributed by atoms with Crippen molar-refractivity contribution in [3.8, 4) is 11.3 Å². The summed E-state index contributed by atoms with van der Waals surface area (Å²) in [5, 5.41) is 4.46. The molecule has 28 heavy (non-hydrogen) atoms. The van der Waals surface area contributed by atoms with E-state index in [1.807, 2.05) is 86.6 Å². The molecule has 0 radical (unpaired) electrons. The Bertz CT molecular complexity index is 1200. The van der Waals surface area contributed by atoms with E-state index in [4.69, 9.17) is 16.6 Å². The molecule has 0 spiro atoms. The van der Waals surface area contributed by atoms with Crippen molar-refractivity contribution in [3.63, 3.8) is 0 Å². The number of aromatic nitrogens is 1. The second kappa shape index (κ2) is 7.45. The highest BCUT2D eigenvalue weighted by Gasteiger charge is 2.16. The minimum atomic E-state index is -0.166. The van der Waals surface area contributed by atoms with E-state index in [2.05, 4.69) is 5.32 Å². The first-order valence-electron chi connectivity index (χ1n) is 9.06. The van der Waals surface area contributed by atoms with Crippen LogP contribution >= 0.6 is 11.6 Å². The summed E-state index contributed by atoms with van der Waals surface area (Å²) in [5.74, 6) is -0.166. The number of rotatable bonds is 3. The van der Waals surface area contributed by atoms with E-state index >= 15 is 0 Å². The van der Waals surface area contributed by atoms with Gasteiger partial charge in [0, 0.05) is 21.7 Å². The molecule has 0 saturated carbocycles. The number of para-hydroxylation sites is 1. The predicted octanol–water partition coefficient (Wildman–Crippen LogP) is 6.42. The molecule has 4 aromatic rings. The Morgan fingerprint density at radius 2 is 1.68 bits per heavy atom. The van der Waals surface area contributed by atoms with Crippen molar-refractivity contribution in [3.05, 3.63) is 94.5 Å². The Morgan fingerprint density at radius 1 is 0.929 bits per heavy atom. The molecule has 0 aliphatic rings. The van der Waals surface area contributed by atoms with Crippen molar-refractivity contribution < 1.29 is 4.79 Å². The Labute approximate surface area is 169 Å². The minimum Gasteiger partial charge on any atom is -0.322 e. The zero-order valence-electron chi connectivity index (χ0n) is 15.7. The van der Waals surface area contributed by atoms with Crippen LogP contribution in [0.25, 0.3) is 22.2 Å². The summed E-state index contributed by atoms with van der Waals surface area (Å²) >= 11 is 6.37. The van der Waals surface area contributed by atoms with Crippen LogP contribution in [0.4, 0.5) is 5.69 Å². The van der Waals surface area contributed by atoms with Gasteiger partial charge in [0.25, 0.3) is 5.91 Å². The molecule has 1 amide bonds. The maximum atomic E-state index is 13.2. The van der Waals surface area contributed by atoms with Gasteiger partial charge in [-0.05, 0) is 49.2 Å². The van der Waals surface area contributed by atoms with Crippen LogP contribution in [0.3, 0.4) is 0 Å². The smallest absolute Gasteiger partial charge is 0.256 e. The normalized spacial score (nSPS) is 10.8. The number of benzene rings is 3. The fourth-order valence-electron chi connectivity index (χ4n) is 3.23. The third-order valence-corrected chi connectivity index (χ3v) is 5.08. The fourth-order valence-corrected chi connectivity index (χ4v) is 3.46. The Morgan fingerprint density at radius 3 is 2.50 bits per heavy atom. The number of carbonyl (C=O) groups excluding carboxylic acids is 1. The van der Waals surface area contributed by atoms with E-state index < -0.39 is 0 Å². The summed E-state index contributed by atoms with van der Waals surface area (Å²) in [5.41, 5.74) is 5.73. The van der Waals surface area contributed by atoms with Gasteiger partial charge in [-0.25, -0.2) is 4.98 Å². The summed E-state index contributed by atoms with van der Waals surface area (Å²) in [7, 11) is 0. The van der Waals surface area contributed by atoms with E-state index in [9.17, 15) is 4.79 Å². The first kappa shape index (κ1) is 18.2. The summed E-state index contributed by atoms with van der Waals surface area (Å²) in [4.78, 5) is 17.9. The van der Waals surface area contributed by atoms with Crippen molar-refractivity contribution in [1.29, 1.82) is 0 Å². The van der Waals surface area contributed by atoms with Crippen LogP contribution in [0.2, 0.25) is 5.02 Å². The number of nitrogens with one attached hydrogen (secondary N) is 1. The van der Waals surface area contributed by atoms with Crippen molar-refractivity contribution in [2.24, 2.45) is 0 Å². The Balaban J connectivity index is 1.84. The minimum absolute atomic E-state index is 0.166. The fraction of sp³-hybridized carbons (Fsp3) is 0.0833. The average molecular weight is 387 g/mol. The van der Waals surface area contributed by atoms with Crippen LogP contribution in [0.1, 0.15) is 21.5 Å². The quantitative estimate of drug-likeness (QED) is 0.441. The molecule has 0 unspecified atom stereocenters. The van der Waals surface area contributed by atoms with E-state index in [-0.39, 0.29) is 5.91 Å². The van der Waals surface area contributed by atoms with Crippen LogP contribution in [0, 0.1) is 13.8 Å². The van der Waals surface area contributed by atoms with Gasteiger partial charge in [0.05, 0.1) is 16.8 Å². The molecule has 3 nitrogen and oxygen atoms in total. The molecule has 4 rings (SSSR count). The molecule has 0 saturated heterocycles. The number of amides is 1. The number of halogens is 1. The highest BCUT2D eigenvalue weighted by Crippen LogP contribution is 2.30. The maximum Gasteiger partial charge on any atom is 0.256 e. The van der Waals surface area contributed by atoms with E-state index in [0.717, 1.165) is 33.3 Å². The average Bonchev–Trinajstić information content (AvgIpc) is 2.70. The number of nitrogens with zero attached hydrogens (tertiary/aromatic N) is 1. The number of hydrogen-bond acceptors (Lipinski definition) is 2. The number of carbonyl (C=O) groups is 1. The molecule has 0 aliphatic carbocycles. The third-order valence-electron chi connectivity index (χ3n) is 4.75. The molecule has 4 heteroatoms. The third kappa shape index (κ3) is 3.49. The summed E-state index contributed by atoms with van der Waals surface area (Å²) in [6, 6.07) is 23.0. The Kier molecular flexibility index (Phi) is 4.84. The van der Waals surface area contributed by atoms with Gasteiger partial charge in [-0.15, -0.1) is 0 Å². The second-order valence-electron chi connectivity index (χ2n) is 6.82. The Hall–Kier alpha value is -3.17. The van der Waals surface area contributed by atoms with Gasteiger partial charge >= 0.3 is 0 Å². The lowest BCUT2D eigenvalue weighted by Gasteiger charge is -2.13. The summed E-state index contributed by atoms with van der Waals surface area (Å²) in [6.07, 6.45) is 0. The molecule has 138 valence electrons. The number of aryl methyl sites for hydroxylation is 2. The van der Waals surface area contributed by atoms with Gasteiger partial charge in [0.1, 0.15) is 0 Å². The molecule has 0 bridgehead atoms. The van der Waals surface area contributed by atoms with Crippen LogP contribution in [0.15, 0.2) is 72.8 Å². The van der Waals surface area contributed by atoms with Crippen LogP contribution < -0.4 is 5.32 Å². The van der Waals surface area contributed by atoms with Crippen molar-refractivity contribution in [2.75, 3.05) is 5.32 Å². The lowest BCUT2D eigenvalue weighted by Crippen LogP contribution is -2.14. The largest absolute Gasteiger partial charge is 0.322 e. The first-order valence-corrected chi connectivity index (χ1v) is 9.44. The van der Waals surface area contributed by atoms with E-state index in [1.54, 1.807) is 0 Å². The van der Waals surface area contributed by atoms with Gasteiger partial charge in [-0.3, -0.25) is 4.79 Å². The molecule has 0 fully saturated rings. The zero-order chi connectivity index (χ0) is 19.7. The molecule has 1 aromatic heterocycles. The van der Waals surface area contributed by atoms with Gasteiger partial charge < -0.3 is 5.32 Å². The van der Waals surface area contributed by atoms with Gasteiger partial charge in [-0.2, -0.15) is 0 Å². The van der Waals surface area contributed by atoms with Gasteiger partial charge in [0.2, 0.25) is 0 Å². The van der Waals surface area contributed by atoms with Gasteiger partial charge in [0.15, 0.2) is 0 Å². The maximum absolute atomic E-state index is 13.2. The van der Waals surface area contributed by atoms with Crippen LogP contribution in [-0.2, 0) is 0 Å².